The number of unbranched alkanes of at least 4 members (excludes halogenated alkanes) is 3. The van der Waals surface area contributed by atoms with Crippen LogP contribution in [0.4, 0.5) is 0 Å². The predicted molar refractivity (Wildman–Crippen MR) is 154 cm³/mol. The molecule has 0 amide bonds. The zero-order valence-corrected chi connectivity index (χ0v) is 28.6. The molecular formula is C29H58O4SiSn. The van der Waals surface area contributed by atoms with E-state index in [1.807, 2.05) is 0 Å². The Morgan fingerprint density at radius 3 is 2.03 bits per heavy atom. The maximum absolute atomic E-state index is 6.64. The van der Waals surface area contributed by atoms with Crippen LogP contribution >= 0.6 is 0 Å². The minimum absolute atomic E-state index is 0.0446. The maximum atomic E-state index is 6.64. The molecule has 2 aliphatic rings. The first-order valence-corrected chi connectivity index (χ1v) is 25.4. The van der Waals surface area contributed by atoms with E-state index < -0.39 is 26.7 Å². The molecule has 4 nitrogen and oxygen atoms in total. The van der Waals surface area contributed by atoms with Crippen molar-refractivity contribution in [2.24, 2.45) is 5.92 Å². The molecule has 2 saturated heterocycles. The van der Waals surface area contributed by atoms with Crippen molar-refractivity contribution < 1.29 is 18.6 Å². The van der Waals surface area contributed by atoms with E-state index in [4.69, 9.17) is 18.6 Å². The molecule has 35 heavy (non-hydrogen) atoms. The predicted octanol–water partition coefficient (Wildman–Crippen LogP) is 8.49. The average Bonchev–Trinajstić information content (AvgIpc) is 3.20. The molecule has 0 bridgehead atoms. The van der Waals surface area contributed by atoms with Crippen LogP contribution in [0.2, 0.25) is 31.4 Å². The van der Waals surface area contributed by atoms with Crippen LogP contribution < -0.4 is 0 Å². The van der Waals surface area contributed by atoms with Crippen LogP contribution in [-0.2, 0) is 18.6 Å². The summed E-state index contributed by atoms with van der Waals surface area (Å²) >= 11 is -2.40. The van der Waals surface area contributed by atoms with Crippen molar-refractivity contribution in [1.29, 1.82) is 0 Å². The molecule has 0 aromatic heterocycles. The fourth-order valence-corrected chi connectivity index (χ4v) is 22.0. The van der Waals surface area contributed by atoms with E-state index >= 15 is 0 Å². The average molecular weight is 618 g/mol. The Morgan fingerprint density at radius 1 is 0.971 bits per heavy atom. The van der Waals surface area contributed by atoms with Gasteiger partial charge >= 0.3 is 224 Å². The Labute approximate surface area is 223 Å². The second-order valence-electron chi connectivity index (χ2n) is 12.6. The first-order chi connectivity index (χ1) is 16.5. The van der Waals surface area contributed by atoms with Gasteiger partial charge in [-0.3, -0.25) is 0 Å². The molecule has 0 aromatic carbocycles. The monoisotopic (exact) mass is 618 g/mol. The van der Waals surface area contributed by atoms with Crippen molar-refractivity contribution in [3.8, 4) is 0 Å². The Balaban J connectivity index is 2.30. The van der Waals surface area contributed by atoms with Crippen LogP contribution in [-0.4, -0.2) is 65.0 Å². The van der Waals surface area contributed by atoms with E-state index in [0.717, 1.165) is 13.0 Å². The van der Waals surface area contributed by atoms with E-state index in [1.54, 1.807) is 5.57 Å². The first-order valence-electron chi connectivity index (χ1n) is 14.8. The van der Waals surface area contributed by atoms with Crippen LogP contribution in [0, 0.1) is 5.92 Å². The third-order valence-corrected chi connectivity index (χ3v) is 27.7. The second-order valence-corrected chi connectivity index (χ2v) is 30.3. The van der Waals surface area contributed by atoms with E-state index in [-0.39, 0.29) is 23.5 Å². The third kappa shape index (κ3) is 9.09. The van der Waals surface area contributed by atoms with Gasteiger partial charge in [0.15, 0.2) is 0 Å². The van der Waals surface area contributed by atoms with Crippen molar-refractivity contribution in [1.82, 2.24) is 0 Å². The molecule has 0 radical (unpaired) electrons. The Bertz CT molecular complexity index is 623. The van der Waals surface area contributed by atoms with Gasteiger partial charge in [-0.2, -0.15) is 0 Å². The summed E-state index contributed by atoms with van der Waals surface area (Å²) in [5, 5.41) is 0.188. The van der Waals surface area contributed by atoms with Gasteiger partial charge < -0.3 is 0 Å². The van der Waals surface area contributed by atoms with Crippen molar-refractivity contribution in [3.63, 3.8) is 0 Å². The van der Waals surface area contributed by atoms with Crippen LogP contribution in [0.15, 0.2) is 9.67 Å². The van der Waals surface area contributed by atoms with Gasteiger partial charge in [0.25, 0.3) is 0 Å². The van der Waals surface area contributed by atoms with Gasteiger partial charge in [0.1, 0.15) is 0 Å². The molecule has 2 aliphatic heterocycles. The zero-order chi connectivity index (χ0) is 26.1. The summed E-state index contributed by atoms with van der Waals surface area (Å²) in [6.07, 6.45) is 8.99. The number of hydrogen-bond acceptors (Lipinski definition) is 4. The van der Waals surface area contributed by atoms with Gasteiger partial charge in [0.2, 0.25) is 0 Å². The van der Waals surface area contributed by atoms with Gasteiger partial charge in [0, 0.05) is 0 Å². The molecule has 2 rings (SSSR count). The summed E-state index contributed by atoms with van der Waals surface area (Å²) in [5.41, 5.74) is 1.60. The summed E-state index contributed by atoms with van der Waals surface area (Å²) in [6, 6.07) is 0. The van der Waals surface area contributed by atoms with Crippen LogP contribution in [0.1, 0.15) is 93.4 Å². The molecule has 0 N–H and O–H groups in total. The Morgan fingerprint density at radius 2 is 1.54 bits per heavy atom. The van der Waals surface area contributed by atoms with Crippen LogP contribution in [0.25, 0.3) is 0 Å². The number of rotatable bonds is 15. The summed E-state index contributed by atoms with van der Waals surface area (Å²) in [7, 11) is -1.85. The molecule has 0 aromatic rings. The molecule has 2 fully saturated rings. The third-order valence-electron chi connectivity index (χ3n) is 8.80. The number of fused-ring (bicyclic) bond motifs is 1. The van der Waals surface area contributed by atoms with Crippen molar-refractivity contribution in [3.05, 3.63) is 9.67 Å². The van der Waals surface area contributed by atoms with Crippen LogP contribution in [0.3, 0.4) is 0 Å². The Kier molecular flexibility index (Phi) is 13.3. The molecule has 0 saturated carbocycles. The number of hydrogen-bond donors (Lipinski definition) is 0. The van der Waals surface area contributed by atoms with Crippen molar-refractivity contribution in [2.45, 2.75) is 143 Å². The fourth-order valence-electron chi connectivity index (χ4n) is 5.47. The quantitative estimate of drug-likeness (QED) is 0.173. The molecule has 0 aliphatic carbocycles. The van der Waals surface area contributed by atoms with Crippen LogP contribution in [0.5, 0.6) is 0 Å². The van der Waals surface area contributed by atoms with Gasteiger partial charge in [-0.25, -0.2) is 0 Å². The molecular weight excluding hydrogens is 559 g/mol. The molecule has 0 unspecified atom stereocenters. The normalized spacial score (nSPS) is 26.9. The van der Waals surface area contributed by atoms with Gasteiger partial charge in [0.05, 0.1) is 0 Å². The summed E-state index contributed by atoms with van der Waals surface area (Å²) in [6.45, 7) is 22.8. The molecule has 0 spiro atoms. The topological polar surface area (TPSA) is 36.9 Å². The molecule has 206 valence electrons. The standard InChI is InChI=1S/C17H31O4Si.3C4H9.Sn/c1-8-18-15-9-13-12(2)10-19-16(13)14(21-15)11-20-22(6,7)17(3,4)5;3*1-3-4-2;/h2,13-16H,8-11H2,1,3-7H3;3*1,3-4H2,2H3;/t13-,14-,15+,16+;;;;/m1..../s1. The van der Waals surface area contributed by atoms with Gasteiger partial charge in [-0.15, -0.1) is 0 Å². The van der Waals surface area contributed by atoms with E-state index in [2.05, 4.69) is 65.7 Å². The van der Waals surface area contributed by atoms with E-state index in [1.165, 1.54) is 51.8 Å². The van der Waals surface area contributed by atoms with Gasteiger partial charge in [-0.1, -0.05) is 0 Å². The Hall–Kier alpha value is 0.596. The van der Waals surface area contributed by atoms with Crippen molar-refractivity contribution in [2.75, 3.05) is 19.8 Å². The molecule has 6 heteroatoms. The van der Waals surface area contributed by atoms with E-state index in [9.17, 15) is 0 Å². The summed E-state index contributed by atoms with van der Waals surface area (Å²) < 4.78 is 33.1. The van der Waals surface area contributed by atoms with E-state index in [0.29, 0.717) is 19.1 Å². The minimum atomic E-state index is -2.40. The summed E-state index contributed by atoms with van der Waals surface area (Å²) in [4.78, 5) is 0. The second kappa shape index (κ2) is 14.7. The van der Waals surface area contributed by atoms with Crippen molar-refractivity contribution >= 4 is 26.7 Å². The van der Waals surface area contributed by atoms with Gasteiger partial charge in [-0.05, 0) is 0 Å². The molecule has 4 atom stereocenters. The first kappa shape index (κ1) is 31.8. The SMILES string of the molecule is CCC[CH2][Sn](/[CH]=C1\CO[C@H]2[C@@H]1C[C@@H](OCC)O[C@@H]2CO[Si](C)(C)C(C)(C)C)([CH2]CCC)[CH2]CCC. The summed E-state index contributed by atoms with van der Waals surface area (Å²) in [5.74, 6) is 0.425. The number of ether oxygens (including phenoxy) is 3. The zero-order valence-electron chi connectivity index (χ0n) is 24.7. The fraction of sp³-hybridized carbons (Fsp3) is 0.931. The molecule has 2 heterocycles.